The van der Waals surface area contributed by atoms with E-state index in [1.165, 1.54) is 56.1 Å². The average molecular weight is 234 g/mol. The van der Waals surface area contributed by atoms with E-state index in [1.807, 2.05) is 0 Å². The topological polar surface area (TPSA) is 20.2 Å². The van der Waals surface area contributed by atoms with Crippen LogP contribution >= 0.6 is 0 Å². The number of allylic oxidation sites excluding steroid dienone is 2. The zero-order valence-electron chi connectivity index (χ0n) is 11.2. The molecule has 0 aromatic rings. The Labute approximate surface area is 106 Å². The van der Waals surface area contributed by atoms with Crippen LogP contribution in [-0.4, -0.2) is 11.2 Å². The summed E-state index contributed by atoms with van der Waals surface area (Å²) in [6, 6.07) is 0. The van der Waals surface area contributed by atoms with Crippen LogP contribution in [0, 0.1) is 0 Å². The molecule has 1 atom stereocenters. The monoisotopic (exact) mass is 234 g/mol. The van der Waals surface area contributed by atoms with Gasteiger partial charge in [-0.2, -0.15) is 0 Å². The predicted octanol–water partition coefficient (Wildman–Crippen LogP) is 4.52. The summed E-state index contributed by atoms with van der Waals surface area (Å²) in [5.41, 5.74) is 4.26. The van der Waals surface area contributed by atoms with Crippen LogP contribution in [0.1, 0.15) is 71.1 Å². The van der Waals surface area contributed by atoms with Gasteiger partial charge in [0.15, 0.2) is 0 Å². The minimum Gasteiger partial charge on any atom is -0.384 e. The number of rotatable bonds is 4. The van der Waals surface area contributed by atoms with Gasteiger partial charge in [0.25, 0.3) is 0 Å². The molecule has 1 unspecified atom stereocenters. The third-order valence-electron chi connectivity index (χ3n) is 4.24. The molecule has 0 radical (unpaired) electrons. The molecule has 96 valence electrons. The Kier molecular flexibility index (Phi) is 4.85. The van der Waals surface area contributed by atoms with Gasteiger partial charge in [0.2, 0.25) is 0 Å². The maximum Gasteiger partial charge on any atom is 0.0963 e. The van der Waals surface area contributed by atoms with Crippen molar-refractivity contribution in [3.63, 3.8) is 0 Å². The smallest absolute Gasteiger partial charge is 0.0963 e. The molecule has 1 heteroatoms. The van der Waals surface area contributed by atoms with E-state index in [9.17, 15) is 5.11 Å². The molecular formula is C16H26O. The van der Waals surface area contributed by atoms with Crippen molar-refractivity contribution in [3.05, 3.63) is 22.8 Å². The van der Waals surface area contributed by atoms with Crippen molar-refractivity contribution in [2.75, 3.05) is 0 Å². The molecule has 0 heterocycles. The van der Waals surface area contributed by atoms with Crippen molar-refractivity contribution in [1.82, 2.24) is 0 Å². The third kappa shape index (κ3) is 3.22. The Bertz CT molecular complexity index is 303. The summed E-state index contributed by atoms with van der Waals surface area (Å²) in [5.74, 6) is 0. The lowest BCUT2D eigenvalue weighted by Crippen LogP contribution is -2.07. The zero-order chi connectivity index (χ0) is 12.1. The van der Waals surface area contributed by atoms with E-state index in [4.69, 9.17) is 0 Å². The van der Waals surface area contributed by atoms with Gasteiger partial charge >= 0.3 is 0 Å². The van der Waals surface area contributed by atoms with Crippen molar-refractivity contribution in [3.8, 4) is 0 Å². The van der Waals surface area contributed by atoms with Gasteiger partial charge < -0.3 is 5.11 Å². The molecule has 0 bridgehead atoms. The molecule has 17 heavy (non-hydrogen) atoms. The molecule has 2 aliphatic rings. The van der Waals surface area contributed by atoms with Gasteiger partial charge in [0.05, 0.1) is 6.10 Å². The Balaban J connectivity index is 1.92. The SMILES string of the molecule is CCCCC/C=C1/CCC(=C2CCCC2)C1O. The molecule has 0 amide bonds. The van der Waals surface area contributed by atoms with Crippen LogP contribution in [0.15, 0.2) is 22.8 Å². The fourth-order valence-electron chi connectivity index (χ4n) is 3.16. The number of aliphatic hydroxyl groups is 1. The second kappa shape index (κ2) is 6.39. The largest absolute Gasteiger partial charge is 0.384 e. The van der Waals surface area contributed by atoms with Crippen LogP contribution in [0.2, 0.25) is 0 Å². The summed E-state index contributed by atoms with van der Waals surface area (Å²) in [5, 5.41) is 10.3. The molecule has 0 spiro atoms. The first-order valence-electron chi connectivity index (χ1n) is 7.40. The van der Waals surface area contributed by atoms with Gasteiger partial charge in [0, 0.05) is 0 Å². The van der Waals surface area contributed by atoms with Gasteiger partial charge in [0.1, 0.15) is 0 Å². The van der Waals surface area contributed by atoms with Gasteiger partial charge in [-0.1, -0.05) is 31.4 Å². The lowest BCUT2D eigenvalue weighted by atomic mass is 10.0. The van der Waals surface area contributed by atoms with E-state index in [-0.39, 0.29) is 6.10 Å². The van der Waals surface area contributed by atoms with E-state index >= 15 is 0 Å². The Hall–Kier alpha value is -0.560. The molecule has 0 aliphatic heterocycles. The summed E-state index contributed by atoms with van der Waals surface area (Å²) < 4.78 is 0. The van der Waals surface area contributed by atoms with Crippen LogP contribution < -0.4 is 0 Å². The average Bonchev–Trinajstić information content (AvgIpc) is 2.95. The van der Waals surface area contributed by atoms with Gasteiger partial charge in [-0.25, -0.2) is 0 Å². The first kappa shape index (κ1) is 12.9. The normalized spacial score (nSPS) is 27.4. The number of hydrogen-bond donors (Lipinski definition) is 1. The Morgan fingerprint density at radius 3 is 2.59 bits per heavy atom. The molecule has 2 rings (SSSR count). The molecule has 1 N–H and O–H groups in total. The quantitative estimate of drug-likeness (QED) is 0.560. The highest BCUT2D eigenvalue weighted by Crippen LogP contribution is 2.38. The Morgan fingerprint density at radius 2 is 1.88 bits per heavy atom. The van der Waals surface area contributed by atoms with E-state index in [2.05, 4.69) is 13.0 Å². The van der Waals surface area contributed by atoms with Crippen molar-refractivity contribution < 1.29 is 5.11 Å². The third-order valence-corrected chi connectivity index (χ3v) is 4.24. The molecule has 1 nitrogen and oxygen atoms in total. The van der Waals surface area contributed by atoms with Crippen molar-refractivity contribution >= 4 is 0 Å². The summed E-state index contributed by atoms with van der Waals surface area (Å²) in [7, 11) is 0. The molecule has 2 fully saturated rings. The minimum atomic E-state index is -0.218. The number of hydrogen-bond acceptors (Lipinski definition) is 1. The number of unbranched alkanes of at least 4 members (excludes halogenated alkanes) is 3. The van der Waals surface area contributed by atoms with Gasteiger partial charge in [-0.05, 0) is 62.5 Å². The molecule has 0 saturated heterocycles. The van der Waals surface area contributed by atoms with E-state index in [1.54, 1.807) is 5.57 Å². The van der Waals surface area contributed by atoms with Crippen LogP contribution in [0.25, 0.3) is 0 Å². The highest BCUT2D eigenvalue weighted by molar-refractivity contribution is 5.35. The van der Waals surface area contributed by atoms with Crippen molar-refractivity contribution in [1.29, 1.82) is 0 Å². The Morgan fingerprint density at radius 1 is 1.12 bits per heavy atom. The maximum absolute atomic E-state index is 10.3. The van der Waals surface area contributed by atoms with Gasteiger partial charge in [-0.15, -0.1) is 0 Å². The summed E-state index contributed by atoms with van der Waals surface area (Å²) in [6.45, 7) is 2.24. The fourth-order valence-corrected chi connectivity index (χ4v) is 3.16. The van der Waals surface area contributed by atoms with Crippen LogP contribution in [0.3, 0.4) is 0 Å². The second-order valence-electron chi connectivity index (χ2n) is 5.51. The molecule has 0 aromatic carbocycles. The molecule has 0 aromatic heterocycles. The lowest BCUT2D eigenvalue weighted by molar-refractivity contribution is 0.253. The highest BCUT2D eigenvalue weighted by atomic mass is 16.3. The van der Waals surface area contributed by atoms with Crippen LogP contribution in [-0.2, 0) is 0 Å². The molecular weight excluding hydrogens is 208 g/mol. The molecule has 2 saturated carbocycles. The van der Waals surface area contributed by atoms with Crippen LogP contribution in [0.4, 0.5) is 0 Å². The van der Waals surface area contributed by atoms with Crippen LogP contribution in [0.5, 0.6) is 0 Å². The summed E-state index contributed by atoms with van der Waals surface area (Å²) in [4.78, 5) is 0. The van der Waals surface area contributed by atoms with Crippen molar-refractivity contribution in [2.45, 2.75) is 77.2 Å². The highest BCUT2D eigenvalue weighted by Gasteiger charge is 2.27. The van der Waals surface area contributed by atoms with Gasteiger partial charge in [-0.3, -0.25) is 0 Å². The van der Waals surface area contributed by atoms with Crippen molar-refractivity contribution in [2.24, 2.45) is 0 Å². The standard InChI is InChI=1S/C16H26O/c1-2-3-4-5-10-14-11-12-15(16(14)17)13-8-6-7-9-13/h10,16-17H,2-9,11-12H2,1H3/b14-10-. The maximum atomic E-state index is 10.3. The first-order valence-corrected chi connectivity index (χ1v) is 7.40. The van der Waals surface area contributed by atoms with E-state index in [0.717, 1.165) is 19.3 Å². The summed E-state index contributed by atoms with van der Waals surface area (Å²) in [6.07, 6.45) is 14.5. The predicted molar refractivity (Wildman–Crippen MR) is 73.0 cm³/mol. The first-order chi connectivity index (χ1) is 8.33. The van der Waals surface area contributed by atoms with E-state index < -0.39 is 0 Å². The minimum absolute atomic E-state index is 0.218. The molecule has 2 aliphatic carbocycles. The lowest BCUT2D eigenvalue weighted by Gasteiger charge is -2.10. The zero-order valence-corrected chi connectivity index (χ0v) is 11.2. The number of aliphatic hydroxyl groups excluding tert-OH is 1. The fraction of sp³-hybridized carbons (Fsp3) is 0.750. The second-order valence-corrected chi connectivity index (χ2v) is 5.51. The van der Waals surface area contributed by atoms with E-state index in [0.29, 0.717) is 0 Å². The summed E-state index contributed by atoms with van der Waals surface area (Å²) >= 11 is 0.